The minimum Gasteiger partial charge on any atom is -0.309 e. The molecule has 0 radical (unpaired) electrons. The monoisotopic (exact) mass is 1550 g/mol. The van der Waals surface area contributed by atoms with Crippen molar-refractivity contribution in [3.8, 4) is 124 Å². The third-order valence-corrected chi connectivity index (χ3v) is 24.0. The van der Waals surface area contributed by atoms with Gasteiger partial charge in [0.1, 0.15) is 0 Å². The van der Waals surface area contributed by atoms with E-state index < -0.39 is 0 Å². The fraction of sp³-hybridized carbons (Fsp3) is 0. The smallest absolute Gasteiger partial charge is 0.164 e. The van der Waals surface area contributed by atoms with Crippen molar-refractivity contribution in [2.75, 3.05) is 0 Å². The van der Waals surface area contributed by atoms with Gasteiger partial charge < -0.3 is 9.13 Å². The first-order valence-corrected chi connectivity index (χ1v) is 41.3. The summed E-state index contributed by atoms with van der Waals surface area (Å²) in [4.78, 5) is 29.6. The minimum absolute atomic E-state index is 0.638. The van der Waals surface area contributed by atoms with Gasteiger partial charge in [-0.1, -0.05) is 315 Å². The highest BCUT2D eigenvalue weighted by Gasteiger charge is 2.22. The van der Waals surface area contributed by atoms with E-state index in [4.69, 9.17) is 29.9 Å². The average Bonchev–Trinajstić information content (AvgIpc) is 1.57. The Balaban J connectivity index is 0.000000142. The molecule has 0 fully saturated rings. The summed E-state index contributed by atoms with van der Waals surface area (Å²) in [6, 6.07) is 156. The molecule has 0 aliphatic carbocycles. The van der Waals surface area contributed by atoms with Crippen LogP contribution in [0.3, 0.4) is 0 Å². The summed E-state index contributed by atoms with van der Waals surface area (Å²) in [5.41, 5.74) is 22.2. The molecule has 4 heterocycles. The predicted molar refractivity (Wildman–Crippen MR) is 508 cm³/mol. The lowest BCUT2D eigenvalue weighted by atomic mass is 9.95. The highest BCUT2D eigenvalue weighted by Crippen LogP contribution is 2.43. The molecular weight excluding hydrogens is 1480 g/mol. The first kappa shape index (κ1) is 70.9. The molecule has 20 aromatic carbocycles. The predicted octanol–water partition coefficient (Wildman–Crippen LogP) is 29.5. The molecule has 0 unspecified atom stereocenters. The summed E-state index contributed by atoms with van der Waals surface area (Å²) in [5, 5.41) is 19.8. The summed E-state index contributed by atoms with van der Waals surface area (Å²) in [6.45, 7) is 0. The molecule has 0 saturated heterocycles. The minimum atomic E-state index is 0.638. The molecule has 0 bridgehead atoms. The molecule has 0 spiro atoms. The molecule has 122 heavy (non-hydrogen) atoms. The number of fused-ring (bicyclic) bond motifs is 14. The Morgan fingerprint density at radius 3 is 0.762 bits per heavy atom. The molecule has 8 nitrogen and oxygen atoms in total. The number of rotatable bonds is 12. The van der Waals surface area contributed by atoms with Crippen molar-refractivity contribution in [1.29, 1.82) is 0 Å². The normalized spacial score (nSPS) is 11.6. The van der Waals surface area contributed by atoms with Gasteiger partial charge in [-0.15, -0.1) is 0 Å². The maximum absolute atomic E-state index is 4.97. The van der Waals surface area contributed by atoms with Gasteiger partial charge in [0.15, 0.2) is 34.9 Å². The van der Waals surface area contributed by atoms with Crippen molar-refractivity contribution < 1.29 is 0 Å². The van der Waals surface area contributed by atoms with Gasteiger partial charge in [0.2, 0.25) is 0 Å². The van der Waals surface area contributed by atoms with Crippen LogP contribution in [0, 0.1) is 0 Å². The SMILES string of the molecule is c1ccc(-c2nc(-c3ccccc3)nc(-c3ccc(-n4c5ccccc5c5c6cc(-c7ccc8ccc(-c9ccc%10ccccc%10c9)cc8c7)ccc6ccc54)cc3)n2)cc1.c1ccc(-c2nc(-c3ccccc3)nc(-c3ccc(-n4c5ccccc5c5c6ccc(-c7ccc8cc(-c9ccc%10ccccc%10c9)ccc8c7)cc6ccc54)cc3)n2)cc1. The highest BCUT2D eigenvalue weighted by molar-refractivity contribution is 6.23. The van der Waals surface area contributed by atoms with Crippen molar-refractivity contribution in [2.24, 2.45) is 0 Å². The van der Waals surface area contributed by atoms with Gasteiger partial charge in [-0.25, -0.2) is 29.9 Å². The first-order valence-electron chi connectivity index (χ1n) is 41.3. The third-order valence-electron chi connectivity index (χ3n) is 24.0. The van der Waals surface area contributed by atoms with Crippen LogP contribution in [0.25, 0.3) is 232 Å². The lowest BCUT2D eigenvalue weighted by molar-refractivity contribution is 1.07. The fourth-order valence-corrected chi connectivity index (χ4v) is 17.8. The van der Waals surface area contributed by atoms with Crippen LogP contribution in [0.1, 0.15) is 0 Å². The van der Waals surface area contributed by atoms with E-state index in [-0.39, 0.29) is 0 Å². The molecule has 0 atom stereocenters. The van der Waals surface area contributed by atoms with Gasteiger partial charge in [0.05, 0.1) is 22.1 Å². The van der Waals surface area contributed by atoms with Crippen molar-refractivity contribution in [3.63, 3.8) is 0 Å². The average molecular weight is 1550 g/mol. The third kappa shape index (κ3) is 13.0. The summed E-state index contributed by atoms with van der Waals surface area (Å²) in [5.74, 6) is 3.88. The van der Waals surface area contributed by atoms with Crippen LogP contribution in [0.15, 0.2) is 437 Å². The van der Waals surface area contributed by atoms with Crippen LogP contribution < -0.4 is 0 Å². The van der Waals surface area contributed by atoms with Crippen molar-refractivity contribution in [3.05, 3.63) is 437 Å². The summed E-state index contributed by atoms with van der Waals surface area (Å²) < 4.78 is 4.75. The number of hydrogen-bond acceptors (Lipinski definition) is 6. The lowest BCUT2D eigenvalue weighted by Crippen LogP contribution is -2.00. The summed E-state index contributed by atoms with van der Waals surface area (Å²) in [6.07, 6.45) is 0. The lowest BCUT2D eigenvalue weighted by Gasteiger charge is -2.11. The van der Waals surface area contributed by atoms with E-state index in [0.29, 0.717) is 34.9 Å². The molecule has 0 amide bonds. The molecule has 0 aliphatic heterocycles. The fourth-order valence-electron chi connectivity index (χ4n) is 17.8. The molecular formula is C114H72N8. The Morgan fingerprint density at radius 1 is 0.131 bits per heavy atom. The molecule has 8 heteroatoms. The number of benzene rings is 20. The second-order valence-electron chi connectivity index (χ2n) is 31.3. The number of nitrogens with zero attached hydrogens (tertiary/aromatic N) is 8. The Kier molecular flexibility index (Phi) is 17.4. The van der Waals surface area contributed by atoms with Gasteiger partial charge in [-0.2, -0.15) is 0 Å². The zero-order valence-corrected chi connectivity index (χ0v) is 66.1. The molecule has 24 rings (SSSR count). The quantitative estimate of drug-likeness (QED) is 0.121. The largest absolute Gasteiger partial charge is 0.309 e. The van der Waals surface area contributed by atoms with E-state index in [2.05, 4.69) is 325 Å². The Labute approximate surface area is 703 Å². The Hall–Kier alpha value is -16.4. The maximum atomic E-state index is 4.97. The van der Waals surface area contributed by atoms with Crippen LogP contribution >= 0.6 is 0 Å². The van der Waals surface area contributed by atoms with E-state index in [1.165, 1.54) is 136 Å². The van der Waals surface area contributed by atoms with Crippen LogP contribution in [-0.4, -0.2) is 39.0 Å². The Bertz CT molecular complexity index is 8110. The second-order valence-corrected chi connectivity index (χ2v) is 31.3. The van der Waals surface area contributed by atoms with E-state index >= 15 is 0 Å². The molecule has 0 aliphatic rings. The van der Waals surface area contributed by atoms with E-state index in [9.17, 15) is 0 Å². The van der Waals surface area contributed by atoms with Crippen molar-refractivity contribution >= 4 is 108 Å². The number of para-hydroxylation sites is 2. The van der Waals surface area contributed by atoms with E-state index in [1.807, 2.05) is 121 Å². The summed E-state index contributed by atoms with van der Waals surface area (Å²) in [7, 11) is 0. The molecule has 568 valence electrons. The van der Waals surface area contributed by atoms with Gasteiger partial charge >= 0.3 is 0 Å². The zero-order chi connectivity index (χ0) is 80.6. The van der Waals surface area contributed by atoms with Crippen LogP contribution in [0.5, 0.6) is 0 Å². The standard InChI is InChI=1S/2C57H36N4/c1-3-12-40(13-4-1)55-58-56(41-14-5-2-6-15-41)60-57(59-55)42-27-30-49(31-28-42)61-52-18-10-9-17-50(52)54-51-36-47(26-22-39(51)29-32-53(54)61)46-25-21-38-20-24-45(34-48(38)35-46)44-23-19-37-11-7-8-16-43(37)33-44;1-3-12-38(13-4-1)55-58-56(39-14-5-2-6-15-39)60-57(59-55)40-25-29-49(30-26-40)61-52-18-10-9-17-51(52)54-50-31-27-47(36-48(50)28-32-53(54)61)46-24-23-44-34-43(21-22-45(44)35-46)42-20-19-37-11-7-8-16-41(37)33-42/h2*1-36H. The number of hydrogen-bond donors (Lipinski definition) is 0. The van der Waals surface area contributed by atoms with E-state index in [0.717, 1.165) is 61.3 Å². The van der Waals surface area contributed by atoms with Gasteiger partial charge in [0.25, 0.3) is 0 Å². The maximum Gasteiger partial charge on any atom is 0.164 e. The molecule has 24 aromatic rings. The van der Waals surface area contributed by atoms with E-state index in [1.54, 1.807) is 0 Å². The summed E-state index contributed by atoms with van der Waals surface area (Å²) >= 11 is 0. The first-order chi connectivity index (χ1) is 60.4. The van der Waals surface area contributed by atoms with Gasteiger partial charge in [-0.3, -0.25) is 0 Å². The van der Waals surface area contributed by atoms with Crippen molar-refractivity contribution in [2.45, 2.75) is 0 Å². The van der Waals surface area contributed by atoms with Crippen LogP contribution in [-0.2, 0) is 0 Å². The molecule has 4 aromatic heterocycles. The van der Waals surface area contributed by atoms with Crippen molar-refractivity contribution in [1.82, 2.24) is 39.0 Å². The molecule has 0 N–H and O–H groups in total. The van der Waals surface area contributed by atoms with Gasteiger partial charge in [0, 0.05) is 66.3 Å². The van der Waals surface area contributed by atoms with Gasteiger partial charge in [-0.05, 0) is 230 Å². The Morgan fingerprint density at radius 2 is 0.377 bits per heavy atom. The zero-order valence-electron chi connectivity index (χ0n) is 66.1. The topological polar surface area (TPSA) is 87.2 Å². The van der Waals surface area contributed by atoms with Crippen LogP contribution in [0.2, 0.25) is 0 Å². The highest BCUT2D eigenvalue weighted by atomic mass is 15.0. The second kappa shape index (κ2) is 29.9. The van der Waals surface area contributed by atoms with Crippen LogP contribution in [0.4, 0.5) is 0 Å². The molecule has 0 saturated carbocycles. The number of aromatic nitrogens is 8.